The third-order valence-corrected chi connectivity index (χ3v) is 14.1. The lowest BCUT2D eigenvalue weighted by Gasteiger charge is -2.60. The van der Waals surface area contributed by atoms with Crippen molar-refractivity contribution in [3.63, 3.8) is 0 Å². The zero-order valence-electron chi connectivity index (χ0n) is 28.5. The van der Waals surface area contributed by atoms with Crippen molar-refractivity contribution < 1.29 is 44.2 Å². The van der Waals surface area contributed by atoms with E-state index >= 15 is 0 Å². The van der Waals surface area contributed by atoms with E-state index in [0.717, 1.165) is 31.3 Å². The molecule has 2 saturated heterocycles. The van der Waals surface area contributed by atoms with E-state index in [9.17, 15) is 30.0 Å². The first-order chi connectivity index (χ1) is 21.6. The summed E-state index contributed by atoms with van der Waals surface area (Å²) >= 11 is 0. The topological polar surface area (TPSA) is 155 Å². The lowest BCUT2D eigenvalue weighted by atomic mass is 9.46. The lowest BCUT2D eigenvalue weighted by Crippen LogP contribution is -2.63. The summed E-state index contributed by atoms with van der Waals surface area (Å²) < 4.78 is 17.6. The monoisotopic (exact) mass is 647 g/mol. The molecule has 0 radical (unpaired) electrons. The summed E-state index contributed by atoms with van der Waals surface area (Å²) in [4.78, 5) is 26.0. The van der Waals surface area contributed by atoms with Crippen molar-refractivity contribution >= 4 is 11.6 Å². The number of aliphatic hydroxyl groups is 4. The first-order valence-corrected chi connectivity index (χ1v) is 17.7. The molecule has 10 nitrogen and oxygen atoms in total. The van der Waals surface area contributed by atoms with Crippen LogP contribution in [-0.4, -0.2) is 100 Å². The van der Waals surface area contributed by atoms with E-state index in [1.165, 1.54) is 6.92 Å². The van der Waals surface area contributed by atoms with Gasteiger partial charge in [0.15, 0.2) is 5.78 Å². The second-order valence-corrected chi connectivity index (χ2v) is 16.4. The number of Topliss-reactive ketones (excluding diaryl/α,β-unsaturated/α-hetero) is 1. The molecule has 2 aliphatic heterocycles. The van der Waals surface area contributed by atoms with E-state index in [-0.39, 0.29) is 46.8 Å². The highest BCUT2D eigenvalue weighted by Gasteiger charge is 2.69. The molecule has 0 aromatic heterocycles. The summed E-state index contributed by atoms with van der Waals surface area (Å²) in [5.74, 6) is -0.864. The van der Waals surface area contributed by atoms with Crippen molar-refractivity contribution in [3.05, 3.63) is 11.6 Å². The summed E-state index contributed by atoms with van der Waals surface area (Å²) in [6.45, 7) is 10.6. The maximum Gasteiger partial charge on any atom is 0.159 e. The summed E-state index contributed by atoms with van der Waals surface area (Å²) in [7, 11) is 1.68. The Morgan fingerprint density at radius 1 is 1.15 bits per heavy atom. The number of nitrogens with one attached hydrogen (secondary N) is 1. The maximum absolute atomic E-state index is 13.8. The van der Waals surface area contributed by atoms with Gasteiger partial charge in [0, 0.05) is 31.7 Å². The van der Waals surface area contributed by atoms with Gasteiger partial charge >= 0.3 is 0 Å². The third kappa shape index (κ3) is 5.20. The van der Waals surface area contributed by atoms with Crippen molar-refractivity contribution in [2.24, 2.45) is 40.4 Å². The Balaban J connectivity index is 1.21. The molecule has 0 aromatic carbocycles. The highest BCUT2D eigenvalue weighted by molar-refractivity contribution is 5.95. The second-order valence-electron chi connectivity index (χ2n) is 16.4. The fourth-order valence-electron chi connectivity index (χ4n) is 11.3. The Labute approximate surface area is 273 Å². The van der Waals surface area contributed by atoms with Crippen molar-refractivity contribution in [1.82, 2.24) is 5.32 Å². The number of ketones is 2. The number of fused-ring (bicyclic) bond motifs is 6. The van der Waals surface area contributed by atoms with E-state index in [4.69, 9.17) is 14.2 Å². The summed E-state index contributed by atoms with van der Waals surface area (Å²) in [5, 5.41) is 50.5. The minimum Gasteiger partial charge on any atom is -0.387 e. The van der Waals surface area contributed by atoms with Gasteiger partial charge in [-0.3, -0.25) is 14.9 Å². The van der Waals surface area contributed by atoms with Gasteiger partial charge in [-0.25, -0.2) is 0 Å². The van der Waals surface area contributed by atoms with Gasteiger partial charge in [-0.2, -0.15) is 0 Å². The molecule has 0 bridgehead atoms. The van der Waals surface area contributed by atoms with Crippen molar-refractivity contribution in [2.75, 3.05) is 20.3 Å². The van der Waals surface area contributed by atoms with Crippen LogP contribution in [0.4, 0.5) is 0 Å². The molecule has 10 heteroatoms. The van der Waals surface area contributed by atoms with Crippen LogP contribution in [0.1, 0.15) is 92.4 Å². The molecule has 3 saturated carbocycles. The summed E-state index contributed by atoms with van der Waals surface area (Å²) in [6, 6.07) is -0.478. The third-order valence-electron chi connectivity index (χ3n) is 14.1. The van der Waals surface area contributed by atoms with Gasteiger partial charge in [0.1, 0.15) is 24.2 Å². The molecule has 15 atom stereocenters. The molecule has 46 heavy (non-hydrogen) atoms. The van der Waals surface area contributed by atoms with Gasteiger partial charge in [-0.1, -0.05) is 20.8 Å². The Kier molecular flexibility index (Phi) is 9.23. The van der Waals surface area contributed by atoms with Crippen LogP contribution in [0, 0.1) is 40.4 Å². The average molecular weight is 648 g/mol. The van der Waals surface area contributed by atoms with Gasteiger partial charge in [0.2, 0.25) is 0 Å². The molecular weight excluding hydrogens is 590 g/mol. The molecule has 0 spiro atoms. The standard InChI is InChI=1S/C36H57NO9/c1-19-22-17-26(20(2)38)37-32(41)30(22)46-29(19)31(40)35(5,42)28-10-13-36(43)24-18-27(39)25-16-21(45-15-7-14-44-6)8-11-33(25,3)23(24)9-12-34(28,36)4/h18-19,21-23,25-26,28-32,37,40-43H,7-17H2,1-6H3. The van der Waals surface area contributed by atoms with Crippen LogP contribution in [0.15, 0.2) is 11.6 Å². The fraction of sp³-hybridized carbons (Fsp3) is 0.889. The number of hydrogen-bond donors (Lipinski definition) is 5. The van der Waals surface area contributed by atoms with Gasteiger partial charge in [0.25, 0.3) is 0 Å². The highest BCUT2D eigenvalue weighted by Crippen LogP contribution is 2.69. The predicted octanol–water partition coefficient (Wildman–Crippen LogP) is 2.68. The van der Waals surface area contributed by atoms with Crippen LogP contribution in [0.25, 0.3) is 0 Å². The molecule has 2 heterocycles. The van der Waals surface area contributed by atoms with Crippen molar-refractivity contribution in [3.8, 4) is 0 Å². The number of hydrogen-bond acceptors (Lipinski definition) is 10. The number of ether oxygens (including phenoxy) is 3. The van der Waals surface area contributed by atoms with Crippen LogP contribution in [0.5, 0.6) is 0 Å². The molecule has 0 aromatic rings. The minimum atomic E-state index is -1.61. The molecule has 6 aliphatic rings. The molecule has 260 valence electrons. The van der Waals surface area contributed by atoms with Gasteiger partial charge in [0.05, 0.1) is 29.5 Å². The molecule has 5 fully saturated rings. The summed E-state index contributed by atoms with van der Waals surface area (Å²) in [6.07, 6.45) is 4.27. The number of allylic oxidation sites excluding steroid dienone is 1. The molecule has 5 N–H and O–H groups in total. The predicted molar refractivity (Wildman–Crippen MR) is 169 cm³/mol. The quantitative estimate of drug-likeness (QED) is 0.236. The number of methoxy groups -OCH3 is 1. The second kappa shape index (κ2) is 12.3. The van der Waals surface area contributed by atoms with Crippen LogP contribution in [0.3, 0.4) is 0 Å². The smallest absolute Gasteiger partial charge is 0.159 e. The lowest BCUT2D eigenvalue weighted by molar-refractivity contribution is -0.201. The first-order valence-electron chi connectivity index (χ1n) is 17.7. The number of carbonyl (C=O) groups excluding carboxylic acids is 2. The Hall–Kier alpha value is -1.24. The Bertz CT molecular complexity index is 1220. The van der Waals surface area contributed by atoms with Gasteiger partial charge < -0.3 is 34.6 Å². The SMILES string of the molecule is COCCCOC1CCC2(C)C(C1)C(=O)C=C1C2CCC2(C)C(C(C)(O)C(O)C3OC4C(O)NC(C(C)=O)CC4C3C)CCC12O. The van der Waals surface area contributed by atoms with E-state index in [1.54, 1.807) is 20.1 Å². The molecule has 6 rings (SSSR count). The number of piperidine rings is 1. The first kappa shape index (κ1) is 34.6. The number of rotatable bonds is 9. The molecule has 0 amide bonds. The van der Waals surface area contributed by atoms with E-state index in [2.05, 4.69) is 12.2 Å². The van der Waals surface area contributed by atoms with E-state index < -0.39 is 53.1 Å². The Morgan fingerprint density at radius 3 is 2.59 bits per heavy atom. The minimum absolute atomic E-state index is 0.0486. The average Bonchev–Trinajstić information content (AvgIpc) is 3.49. The molecule has 15 unspecified atom stereocenters. The highest BCUT2D eigenvalue weighted by atomic mass is 16.5. The molecule has 4 aliphatic carbocycles. The fourth-order valence-corrected chi connectivity index (χ4v) is 11.3. The molecular formula is C36H57NO9. The summed E-state index contributed by atoms with van der Waals surface area (Å²) in [5.41, 5.74) is -3.09. The van der Waals surface area contributed by atoms with Gasteiger partial charge in [-0.05, 0) is 112 Å². The van der Waals surface area contributed by atoms with E-state index in [0.29, 0.717) is 45.3 Å². The van der Waals surface area contributed by atoms with Crippen LogP contribution < -0.4 is 5.32 Å². The number of aliphatic hydroxyl groups excluding tert-OH is 2. The maximum atomic E-state index is 13.8. The van der Waals surface area contributed by atoms with Crippen molar-refractivity contribution in [2.45, 2.75) is 140 Å². The van der Waals surface area contributed by atoms with Crippen LogP contribution in [0.2, 0.25) is 0 Å². The zero-order valence-corrected chi connectivity index (χ0v) is 28.5. The normalized spacial score (nSPS) is 48.8. The van der Waals surface area contributed by atoms with Crippen molar-refractivity contribution in [1.29, 1.82) is 0 Å². The van der Waals surface area contributed by atoms with Crippen LogP contribution in [-0.2, 0) is 23.8 Å². The Morgan fingerprint density at radius 2 is 1.89 bits per heavy atom. The van der Waals surface area contributed by atoms with Gasteiger partial charge in [-0.15, -0.1) is 0 Å². The number of carbonyl (C=O) groups is 2. The zero-order chi connectivity index (χ0) is 33.4. The van der Waals surface area contributed by atoms with Crippen LogP contribution >= 0.6 is 0 Å². The van der Waals surface area contributed by atoms with E-state index in [1.807, 2.05) is 13.8 Å². The largest absolute Gasteiger partial charge is 0.387 e.